The Labute approximate surface area is 134 Å². The summed E-state index contributed by atoms with van der Waals surface area (Å²) in [4.78, 5) is 14.9. The molecule has 0 radical (unpaired) electrons. The molecule has 0 bridgehead atoms. The highest BCUT2D eigenvalue weighted by atomic mass is 79.9. The van der Waals surface area contributed by atoms with Crippen molar-refractivity contribution in [2.45, 2.75) is 27.2 Å². The first-order valence-corrected chi connectivity index (χ1v) is 7.85. The Hall–Kier alpha value is -0.940. The lowest BCUT2D eigenvalue weighted by molar-refractivity contribution is 0.0740. The number of hydrogen-bond donors (Lipinski definition) is 1. The van der Waals surface area contributed by atoms with Gasteiger partial charge >= 0.3 is 0 Å². The zero-order valence-electron chi connectivity index (χ0n) is 12.1. The smallest absolute Gasteiger partial charge is 0.255 e. The third-order valence-corrected chi connectivity index (χ3v) is 3.75. The Morgan fingerprint density at radius 3 is 2.65 bits per heavy atom. The van der Waals surface area contributed by atoms with E-state index >= 15 is 0 Å². The second kappa shape index (κ2) is 7.74. The standard InChI is InChI=1S/C15H21BrN2OS/c1-10(2)9-18(7-6-14(17)20)15(19)12-8-11(3)4-5-13(12)16/h4-5,8,10H,6-7,9H2,1-3H3,(H2,17,20). The van der Waals surface area contributed by atoms with Gasteiger partial charge in [-0.3, -0.25) is 4.79 Å². The topological polar surface area (TPSA) is 46.3 Å². The van der Waals surface area contributed by atoms with Gasteiger partial charge in [0.1, 0.15) is 0 Å². The highest BCUT2D eigenvalue weighted by Gasteiger charge is 2.19. The molecule has 0 saturated heterocycles. The van der Waals surface area contributed by atoms with Crippen molar-refractivity contribution in [3.63, 3.8) is 0 Å². The molecule has 0 unspecified atom stereocenters. The summed E-state index contributed by atoms with van der Waals surface area (Å²) < 4.78 is 0.817. The quantitative estimate of drug-likeness (QED) is 0.793. The molecular weight excluding hydrogens is 336 g/mol. The Morgan fingerprint density at radius 1 is 1.45 bits per heavy atom. The van der Waals surface area contributed by atoms with E-state index in [1.165, 1.54) is 0 Å². The van der Waals surface area contributed by atoms with Gasteiger partial charge in [0.2, 0.25) is 0 Å². The van der Waals surface area contributed by atoms with Crippen LogP contribution in [0.25, 0.3) is 0 Å². The van der Waals surface area contributed by atoms with Gasteiger partial charge in [-0.1, -0.05) is 37.7 Å². The number of halogens is 1. The zero-order chi connectivity index (χ0) is 15.3. The average Bonchev–Trinajstić information content (AvgIpc) is 2.36. The minimum atomic E-state index is 0.0190. The summed E-state index contributed by atoms with van der Waals surface area (Å²) in [5, 5.41) is 0. The maximum Gasteiger partial charge on any atom is 0.255 e. The number of hydrogen-bond acceptors (Lipinski definition) is 2. The summed E-state index contributed by atoms with van der Waals surface area (Å²) >= 11 is 8.36. The van der Waals surface area contributed by atoms with Crippen LogP contribution in [0.1, 0.15) is 36.2 Å². The third-order valence-electron chi connectivity index (χ3n) is 2.85. The highest BCUT2D eigenvalue weighted by molar-refractivity contribution is 9.10. The van der Waals surface area contributed by atoms with E-state index in [0.717, 1.165) is 10.0 Å². The van der Waals surface area contributed by atoms with Gasteiger partial charge in [0, 0.05) is 24.0 Å². The molecule has 20 heavy (non-hydrogen) atoms. The van der Waals surface area contributed by atoms with Crippen LogP contribution in [0.4, 0.5) is 0 Å². The van der Waals surface area contributed by atoms with E-state index in [0.29, 0.717) is 36.0 Å². The van der Waals surface area contributed by atoms with Crippen molar-refractivity contribution in [3.05, 3.63) is 33.8 Å². The molecule has 1 amide bonds. The first kappa shape index (κ1) is 17.1. The van der Waals surface area contributed by atoms with Gasteiger partial charge in [-0.25, -0.2) is 0 Å². The van der Waals surface area contributed by atoms with Crippen LogP contribution in [0.15, 0.2) is 22.7 Å². The maximum absolute atomic E-state index is 12.7. The van der Waals surface area contributed by atoms with Gasteiger partial charge < -0.3 is 10.6 Å². The molecule has 0 spiro atoms. The van der Waals surface area contributed by atoms with Crippen LogP contribution in [0.2, 0.25) is 0 Å². The normalized spacial score (nSPS) is 10.7. The lowest BCUT2D eigenvalue weighted by Gasteiger charge is -2.25. The number of nitrogens with zero attached hydrogens (tertiary/aromatic N) is 1. The number of carbonyl (C=O) groups excluding carboxylic acids is 1. The number of carbonyl (C=O) groups is 1. The summed E-state index contributed by atoms with van der Waals surface area (Å²) in [6.07, 6.45) is 0.553. The van der Waals surface area contributed by atoms with Crippen LogP contribution in [-0.4, -0.2) is 28.9 Å². The fourth-order valence-electron chi connectivity index (χ4n) is 1.94. The average molecular weight is 357 g/mol. The fraction of sp³-hybridized carbons (Fsp3) is 0.467. The predicted molar refractivity (Wildman–Crippen MR) is 91.0 cm³/mol. The molecular formula is C15H21BrN2OS. The Bertz CT molecular complexity index is 503. The van der Waals surface area contributed by atoms with Crippen LogP contribution < -0.4 is 5.73 Å². The van der Waals surface area contributed by atoms with Crippen molar-refractivity contribution in [1.82, 2.24) is 4.90 Å². The van der Waals surface area contributed by atoms with E-state index < -0.39 is 0 Å². The molecule has 0 aromatic heterocycles. The molecule has 0 heterocycles. The van der Waals surface area contributed by atoms with E-state index in [1.54, 1.807) is 0 Å². The summed E-state index contributed by atoms with van der Waals surface area (Å²) in [7, 11) is 0. The largest absolute Gasteiger partial charge is 0.393 e. The van der Waals surface area contributed by atoms with Gasteiger partial charge in [-0.05, 0) is 40.9 Å². The van der Waals surface area contributed by atoms with Gasteiger partial charge in [0.25, 0.3) is 5.91 Å². The zero-order valence-corrected chi connectivity index (χ0v) is 14.6. The third kappa shape index (κ3) is 5.21. The van der Waals surface area contributed by atoms with E-state index in [-0.39, 0.29) is 5.91 Å². The van der Waals surface area contributed by atoms with E-state index in [4.69, 9.17) is 18.0 Å². The minimum Gasteiger partial charge on any atom is -0.393 e. The second-order valence-corrected chi connectivity index (χ2v) is 6.72. The summed E-state index contributed by atoms with van der Waals surface area (Å²) in [5.41, 5.74) is 7.30. The van der Waals surface area contributed by atoms with Gasteiger partial charge in [-0.15, -0.1) is 0 Å². The van der Waals surface area contributed by atoms with Crippen molar-refractivity contribution in [2.24, 2.45) is 11.7 Å². The van der Waals surface area contributed by atoms with Crippen LogP contribution >= 0.6 is 28.1 Å². The maximum atomic E-state index is 12.7. The van der Waals surface area contributed by atoms with Crippen LogP contribution in [0.5, 0.6) is 0 Å². The van der Waals surface area contributed by atoms with Crippen LogP contribution in [0.3, 0.4) is 0 Å². The summed E-state index contributed by atoms with van der Waals surface area (Å²) in [6, 6.07) is 5.78. The lowest BCUT2D eigenvalue weighted by atomic mass is 10.1. The SMILES string of the molecule is Cc1ccc(Br)c(C(=O)N(CCC(N)=S)CC(C)C)c1. The number of nitrogens with two attached hydrogens (primary N) is 1. The molecule has 110 valence electrons. The van der Waals surface area contributed by atoms with Crippen molar-refractivity contribution < 1.29 is 4.79 Å². The van der Waals surface area contributed by atoms with E-state index in [2.05, 4.69) is 29.8 Å². The minimum absolute atomic E-state index is 0.0190. The van der Waals surface area contributed by atoms with Gasteiger partial charge in [-0.2, -0.15) is 0 Å². The number of aryl methyl sites for hydroxylation is 1. The van der Waals surface area contributed by atoms with Gasteiger partial charge in [0.15, 0.2) is 0 Å². The molecule has 2 N–H and O–H groups in total. The molecule has 3 nitrogen and oxygen atoms in total. The van der Waals surface area contributed by atoms with Crippen molar-refractivity contribution in [2.75, 3.05) is 13.1 Å². The monoisotopic (exact) mass is 356 g/mol. The molecule has 5 heteroatoms. The number of rotatable bonds is 6. The molecule has 1 aromatic rings. The van der Waals surface area contributed by atoms with Crippen molar-refractivity contribution >= 4 is 39.0 Å². The predicted octanol–water partition coefficient (Wildman–Crippen LogP) is 3.53. The van der Waals surface area contributed by atoms with Crippen LogP contribution in [-0.2, 0) is 0 Å². The second-order valence-electron chi connectivity index (χ2n) is 5.34. The molecule has 0 saturated carbocycles. The Kier molecular flexibility index (Phi) is 6.62. The van der Waals surface area contributed by atoms with E-state index in [9.17, 15) is 4.79 Å². The fourth-order valence-corrected chi connectivity index (χ4v) is 2.44. The molecule has 0 aliphatic heterocycles. The molecule has 1 rings (SSSR count). The Balaban J connectivity index is 2.96. The molecule has 1 aromatic carbocycles. The summed E-state index contributed by atoms with van der Waals surface area (Å²) in [6.45, 7) is 7.41. The van der Waals surface area contributed by atoms with E-state index in [1.807, 2.05) is 30.0 Å². The Morgan fingerprint density at radius 2 is 2.10 bits per heavy atom. The molecule has 0 fully saturated rings. The van der Waals surface area contributed by atoms with Gasteiger partial charge in [0.05, 0.1) is 10.6 Å². The van der Waals surface area contributed by atoms with Crippen molar-refractivity contribution in [3.8, 4) is 0 Å². The molecule has 0 aliphatic rings. The molecule has 0 aliphatic carbocycles. The number of amides is 1. The summed E-state index contributed by atoms with van der Waals surface area (Å²) in [5.74, 6) is 0.416. The lowest BCUT2D eigenvalue weighted by Crippen LogP contribution is -2.36. The number of thiocarbonyl (C=S) groups is 1. The molecule has 0 atom stereocenters. The van der Waals surface area contributed by atoms with Crippen LogP contribution in [0, 0.1) is 12.8 Å². The number of benzene rings is 1. The first-order valence-electron chi connectivity index (χ1n) is 6.65. The van der Waals surface area contributed by atoms with Crippen molar-refractivity contribution in [1.29, 1.82) is 0 Å². The first-order chi connectivity index (χ1) is 9.31. The highest BCUT2D eigenvalue weighted by Crippen LogP contribution is 2.20.